The Morgan fingerprint density at radius 3 is 2.76 bits per heavy atom. The summed E-state index contributed by atoms with van der Waals surface area (Å²) in [5, 5.41) is 0. The van der Waals surface area contributed by atoms with E-state index in [1.807, 2.05) is 0 Å². The Morgan fingerprint density at radius 1 is 1.53 bits per heavy atom. The summed E-state index contributed by atoms with van der Waals surface area (Å²) in [6.07, 6.45) is 5.58. The maximum Gasteiger partial charge on any atom is 0.333 e. The van der Waals surface area contributed by atoms with E-state index in [1.165, 1.54) is 19.3 Å². The Labute approximate surface area is 104 Å². The average Bonchev–Trinajstić information content (AvgIpc) is 3.15. The zero-order valence-electron chi connectivity index (χ0n) is 11.0. The highest BCUT2D eigenvalue weighted by Crippen LogP contribution is 2.21. The van der Waals surface area contributed by atoms with Gasteiger partial charge >= 0.3 is 5.97 Å². The number of esters is 1. The van der Waals surface area contributed by atoms with Crippen LogP contribution in [-0.2, 0) is 14.3 Å². The molecule has 2 unspecified atom stereocenters. The molecule has 0 saturated carbocycles. The van der Waals surface area contributed by atoms with Gasteiger partial charge < -0.3 is 9.47 Å². The highest BCUT2D eigenvalue weighted by atomic mass is 16.6. The van der Waals surface area contributed by atoms with Crippen molar-refractivity contribution >= 4 is 5.97 Å². The van der Waals surface area contributed by atoms with Crippen molar-refractivity contribution in [2.45, 2.75) is 52.1 Å². The topological polar surface area (TPSA) is 38.8 Å². The van der Waals surface area contributed by atoms with E-state index in [4.69, 9.17) is 9.47 Å². The van der Waals surface area contributed by atoms with Gasteiger partial charge in [0, 0.05) is 5.57 Å². The van der Waals surface area contributed by atoms with Gasteiger partial charge in [0.15, 0.2) is 0 Å². The van der Waals surface area contributed by atoms with E-state index in [2.05, 4.69) is 20.4 Å². The van der Waals surface area contributed by atoms with Gasteiger partial charge in [-0.25, -0.2) is 4.79 Å². The monoisotopic (exact) mass is 240 g/mol. The molecule has 17 heavy (non-hydrogen) atoms. The first-order valence-electron chi connectivity index (χ1n) is 6.63. The molecule has 0 radical (unpaired) electrons. The largest absolute Gasteiger partial charge is 0.459 e. The minimum atomic E-state index is -0.254. The first-order chi connectivity index (χ1) is 8.17. The lowest BCUT2D eigenvalue weighted by Crippen LogP contribution is -2.14. The Balaban J connectivity index is 2.21. The van der Waals surface area contributed by atoms with Gasteiger partial charge in [0.05, 0.1) is 6.61 Å². The van der Waals surface area contributed by atoms with Gasteiger partial charge in [-0.15, -0.1) is 0 Å². The van der Waals surface area contributed by atoms with E-state index in [9.17, 15) is 4.79 Å². The maximum atomic E-state index is 11.6. The lowest BCUT2D eigenvalue weighted by Gasteiger charge is -2.15. The van der Waals surface area contributed by atoms with Crippen molar-refractivity contribution in [2.24, 2.45) is 5.92 Å². The molecule has 3 nitrogen and oxygen atoms in total. The van der Waals surface area contributed by atoms with Crippen LogP contribution in [0, 0.1) is 5.92 Å². The first kappa shape index (κ1) is 14.2. The van der Waals surface area contributed by atoms with Crippen LogP contribution in [0.4, 0.5) is 0 Å². The maximum absolute atomic E-state index is 11.6. The van der Waals surface area contributed by atoms with Crippen LogP contribution in [0.1, 0.15) is 46.0 Å². The molecule has 0 aromatic heterocycles. The van der Waals surface area contributed by atoms with Crippen molar-refractivity contribution in [1.29, 1.82) is 0 Å². The molecule has 0 amide bonds. The van der Waals surface area contributed by atoms with E-state index < -0.39 is 0 Å². The summed E-state index contributed by atoms with van der Waals surface area (Å²) >= 11 is 0. The SMILES string of the molecule is C=C(CC(CC)CCCC)C(=O)OCC1CO1. The minimum Gasteiger partial charge on any atom is -0.459 e. The molecule has 0 spiro atoms. The second kappa shape index (κ2) is 7.49. The molecule has 1 aliphatic rings. The van der Waals surface area contributed by atoms with Crippen molar-refractivity contribution < 1.29 is 14.3 Å². The molecule has 0 aromatic rings. The summed E-state index contributed by atoms with van der Waals surface area (Å²) in [6.45, 7) is 9.28. The summed E-state index contributed by atoms with van der Waals surface area (Å²) in [5.41, 5.74) is 0.605. The Kier molecular flexibility index (Phi) is 6.27. The number of epoxide rings is 1. The molecule has 1 saturated heterocycles. The van der Waals surface area contributed by atoms with Crippen LogP contribution in [0.25, 0.3) is 0 Å². The van der Waals surface area contributed by atoms with E-state index in [0.29, 0.717) is 24.7 Å². The van der Waals surface area contributed by atoms with Crippen LogP contribution in [-0.4, -0.2) is 25.3 Å². The molecule has 0 N–H and O–H groups in total. The third-order valence-electron chi connectivity index (χ3n) is 3.17. The molecule has 0 aromatic carbocycles. The highest BCUT2D eigenvalue weighted by molar-refractivity contribution is 5.87. The smallest absolute Gasteiger partial charge is 0.333 e. The third kappa shape index (κ3) is 5.87. The van der Waals surface area contributed by atoms with Crippen LogP contribution in [0.5, 0.6) is 0 Å². The number of unbranched alkanes of at least 4 members (excludes halogenated alkanes) is 1. The number of rotatable bonds is 9. The van der Waals surface area contributed by atoms with Crippen molar-refractivity contribution in [3.63, 3.8) is 0 Å². The molecule has 0 aliphatic carbocycles. The van der Waals surface area contributed by atoms with Crippen molar-refractivity contribution in [1.82, 2.24) is 0 Å². The number of carbonyl (C=O) groups excluding carboxylic acids is 1. The molecule has 1 heterocycles. The second-order valence-corrected chi connectivity index (χ2v) is 4.78. The average molecular weight is 240 g/mol. The molecule has 98 valence electrons. The van der Waals surface area contributed by atoms with Crippen LogP contribution >= 0.6 is 0 Å². The number of hydrogen-bond acceptors (Lipinski definition) is 3. The molecule has 1 aliphatic heterocycles. The predicted molar refractivity (Wildman–Crippen MR) is 67.8 cm³/mol. The molecular formula is C14H24O3. The molecule has 0 bridgehead atoms. The lowest BCUT2D eigenvalue weighted by atomic mass is 9.92. The number of carbonyl (C=O) groups is 1. The fourth-order valence-corrected chi connectivity index (χ4v) is 1.81. The van der Waals surface area contributed by atoms with Gasteiger partial charge in [-0.05, 0) is 12.3 Å². The predicted octanol–water partition coefficient (Wildman–Crippen LogP) is 3.09. The molecule has 3 heteroatoms. The zero-order valence-corrected chi connectivity index (χ0v) is 11.0. The second-order valence-electron chi connectivity index (χ2n) is 4.78. The Bertz CT molecular complexity index is 256. The highest BCUT2D eigenvalue weighted by Gasteiger charge is 2.25. The van der Waals surface area contributed by atoms with E-state index in [0.717, 1.165) is 12.8 Å². The molecule has 2 atom stereocenters. The van der Waals surface area contributed by atoms with Crippen LogP contribution in [0.15, 0.2) is 12.2 Å². The van der Waals surface area contributed by atoms with Crippen molar-refractivity contribution in [3.8, 4) is 0 Å². The summed E-state index contributed by atoms with van der Waals surface area (Å²) in [6, 6.07) is 0. The van der Waals surface area contributed by atoms with Gasteiger partial charge in [0.25, 0.3) is 0 Å². The van der Waals surface area contributed by atoms with Crippen LogP contribution < -0.4 is 0 Å². The summed E-state index contributed by atoms with van der Waals surface area (Å²) in [7, 11) is 0. The van der Waals surface area contributed by atoms with Crippen molar-refractivity contribution in [3.05, 3.63) is 12.2 Å². The number of hydrogen-bond donors (Lipinski definition) is 0. The van der Waals surface area contributed by atoms with Gasteiger partial charge in [-0.1, -0.05) is 46.1 Å². The van der Waals surface area contributed by atoms with Crippen molar-refractivity contribution in [2.75, 3.05) is 13.2 Å². The van der Waals surface area contributed by atoms with E-state index in [1.54, 1.807) is 0 Å². The molecule has 1 fully saturated rings. The normalized spacial score (nSPS) is 19.8. The standard InChI is InChI=1S/C14H24O3/c1-4-6-7-12(5-2)8-11(3)14(15)17-10-13-9-16-13/h12-13H,3-10H2,1-2H3. The van der Waals surface area contributed by atoms with E-state index >= 15 is 0 Å². The minimum absolute atomic E-state index is 0.133. The first-order valence-corrected chi connectivity index (χ1v) is 6.63. The summed E-state index contributed by atoms with van der Waals surface area (Å²) in [4.78, 5) is 11.6. The van der Waals surface area contributed by atoms with E-state index in [-0.39, 0.29) is 12.1 Å². The molecular weight excluding hydrogens is 216 g/mol. The summed E-state index contributed by atoms with van der Waals surface area (Å²) < 4.78 is 10.1. The third-order valence-corrected chi connectivity index (χ3v) is 3.17. The van der Waals surface area contributed by atoms with Gasteiger partial charge in [-0.2, -0.15) is 0 Å². The van der Waals surface area contributed by atoms with Gasteiger partial charge in [-0.3, -0.25) is 0 Å². The fourth-order valence-electron chi connectivity index (χ4n) is 1.81. The van der Waals surface area contributed by atoms with Gasteiger partial charge in [0.2, 0.25) is 0 Å². The number of ether oxygens (including phenoxy) is 2. The Morgan fingerprint density at radius 2 is 2.24 bits per heavy atom. The van der Waals surface area contributed by atoms with Crippen LogP contribution in [0.3, 0.4) is 0 Å². The molecule has 1 rings (SSSR count). The van der Waals surface area contributed by atoms with Crippen LogP contribution in [0.2, 0.25) is 0 Å². The van der Waals surface area contributed by atoms with Gasteiger partial charge in [0.1, 0.15) is 12.7 Å². The summed E-state index contributed by atoms with van der Waals surface area (Å²) in [5.74, 6) is 0.308. The fraction of sp³-hybridized carbons (Fsp3) is 0.786. The lowest BCUT2D eigenvalue weighted by molar-refractivity contribution is -0.139. The zero-order chi connectivity index (χ0) is 12.7. The Hall–Kier alpha value is -0.830. The quantitative estimate of drug-likeness (QED) is 0.353.